The molecule has 1 aliphatic heterocycles. The maximum absolute atomic E-state index is 12.2. The van der Waals surface area contributed by atoms with Crippen molar-refractivity contribution in [3.63, 3.8) is 0 Å². The molecule has 1 atom stereocenters. The minimum absolute atomic E-state index is 0.0178. The number of pyridine rings is 1. The molecule has 0 bridgehead atoms. The van der Waals surface area contributed by atoms with E-state index in [1.807, 2.05) is 6.92 Å². The second kappa shape index (κ2) is 5.14. The fourth-order valence-corrected chi connectivity index (χ4v) is 1.93. The van der Waals surface area contributed by atoms with Gasteiger partial charge < -0.3 is 14.6 Å². The van der Waals surface area contributed by atoms with Gasteiger partial charge in [-0.05, 0) is 13.3 Å². The van der Waals surface area contributed by atoms with Crippen LogP contribution in [0.5, 0.6) is 0 Å². The molecule has 1 N–H and O–H groups in total. The monoisotopic (exact) mass is 236 g/mol. The Labute approximate surface area is 99.4 Å². The highest BCUT2D eigenvalue weighted by Crippen LogP contribution is 2.08. The Balaban J connectivity index is 2.19. The van der Waals surface area contributed by atoms with Gasteiger partial charge in [0.25, 0.3) is 5.91 Å². The molecule has 1 saturated heterocycles. The molecule has 0 aliphatic carbocycles. The zero-order valence-corrected chi connectivity index (χ0v) is 9.81. The van der Waals surface area contributed by atoms with Crippen LogP contribution in [0.15, 0.2) is 23.3 Å². The third-order valence-electron chi connectivity index (χ3n) is 2.79. The van der Waals surface area contributed by atoms with Crippen LogP contribution in [0.4, 0.5) is 0 Å². The van der Waals surface area contributed by atoms with E-state index in [0.29, 0.717) is 19.7 Å². The van der Waals surface area contributed by atoms with Crippen LogP contribution < -0.4 is 5.43 Å². The summed E-state index contributed by atoms with van der Waals surface area (Å²) in [4.78, 5) is 28.2. The summed E-state index contributed by atoms with van der Waals surface area (Å²) >= 11 is 0. The van der Waals surface area contributed by atoms with E-state index in [2.05, 4.69) is 4.98 Å². The van der Waals surface area contributed by atoms with E-state index in [4.69, 9.17) is 4.74 Å². The van der Waals surface area contributed by atoms with Gasteiger partial charge in [0.05, 0.1) is 6.10 Å². The van der Waals surface area contributed by atoms with Gasteiger partial charge in [0.2, 0.25) is 0 Å². The van der Waals surface area contributed by atoms with Crippen LogP contribution >= 0.6 is 0 Å². The highest BCUT2D eigenvalue weighted by Gasteiger charge is 2.22. The van der Waals surface area contributed by atoms with Crippen molar-refractivity contribution in [1.82, 2.24) is 9.88 Å². The first kappa shape index (κ1) is 11.9. The van der Waals surface area contributed by atoms with E-state index in [-0.39, 0.29) is 23.0 Å². The molecule has 2 heterocycles. The van der Waals surface area contributed by atoms with Gasteiger partial charge in [-0.1, -0.05) is 0 Å². The van der Waals surface area contributed by atoms with Crippen molar-refractivity contribution in [1.29, 1.82) is 0 Å². The summed E-state index contributed by atoms with van der Waals surface area (Å²) in [7, 11) is 0. The standard InChI is InChI=1S/C12H16N2O3/c1-9-8-14(5-2-6-17-9)12(16)10-7-13-4-3-11(10)15/h3-4,7,9H,2,5-6,8H2,1H3,(H,13,15). The molecule has 2 rings (SSSR count). The summed E-state index contributed by atoms with van der Waals surface area (Å²) in [5.74, 6) is -0.218. The second-order valence-electron chi connectivity index (χ2n) is 4.21. The summed E-state index contributed by atoms with van der Waals surface area (Å²) in [6.45, 7) is 3.77. The van der Waals surface area contributed by atoms with Gasteiger partial charge in [0, 0.05) is 38.2 Å². The quantitative estimate of drug-likeness (QED) is 0.777. The number of H-pyrrole nitrogens is 1. The zero-order chi connectivity index (χ0) is 12.3. The predicted molar refractivity (Wildman–Crippen MR) is 63.0 cm³/mol. The van der Waals surface area contributed by atoms with Gasteiger partial charge in [0.15, 0.2) is 5.43 Å². The molecule has 5 nitrogen and oxygen atoms in total. The number of carbonyl (C=O) groups is 1. The molecular weight excluding hydrogens is 220 g/mol. The number of ether oxygens (including phenoxy) is 1. The smallest absolute Gasteiger partial charge is 0.259 e. The minimum atomic E-state index is -0.244. The van der Waals surface area contributed by atoms with Crippen molar-refractivity contribution in [2.75, 3.05) is 19.7 Å². The number of aromatic amines is 1. The topological polar surface area (TPSA) is 62.4 Å². The van der Waals surface area contributed by atoms with Gasteiger partial charge in [-0.15, -0.1) is 0 Å². The van der Waals surface area contributed by atoms with Crippen LogP contribution in [0.2, 0.25) is 0 Å². The highest BCUT2D eigenvalue weighted by molar-refractivity contribution is 5.93. The van der Waals surface area contributed by atoms with E-state index in [1.165, 1.54) is 18.5 Å². The fraction of sp³-hybridized carbons (Fsp3) is 0.500. The van der Waals surface area contributed by atoms with E-state index in [0.717, 1.165) is 6.42 Å². The largest absolute Gasteiger partial charge is 0.377 e. The Morgan fingerprint density at radius 1 is 1.59 bits per heavy atom. The first-order valence-corrected chi connectivity index (χ1v) is 5.76. The first-order valence-electron chi connectivity index (χ1n) is 5.76. The maximum atomic E-state index is 12.2. The Morgan fingerprint density at radius 2 is 2.41 bits per heavy atom. The summed E-state index contributed by atoms with van der Waals surface area (Å²) < 4.78 is 5.47. The van der Waals surface area contributed by atoms with Crippen molar-refractivity contribution in [2.24, 2.45) is 0 Å². The van der Waals surface area contributed by atoms with Crippen LogP contribution in [-0.2, 0) is 4.74 Å². The SMILES string of the molecule is CC1CN(C(=O)c2c[nH]ccc2=O)CCCO1. The van der Waals surface area contributed by atoms with Crippen LogP contribution in [0.1, 0.15) is 23.7 Å². The van der Waals surface area contributed by atoms with Crippen molar-refractivity contribution in [2.45, 2.75) is 19.4 Å². The molecule has 1 aliphatic rings. The molecule has 1 fully saturated rings. The normalized spacial score (nSPS) is 21.0. The number of amides is 1. The molecule has 0 spiro atoms. The predicted octanol–water partition coefficient (Wildman–Crippen LogP) is 0.626. The lowest BCUT2D eigenvalue weighted by atomic mass is 10.2. The highest BCUT2D eigenvalue weighted by atomic mass is 16.5. The van der Waals surface area contributed by atoms with Crippen molar-refractivity contribution >= 4 is 5.91 Å². The lowest BCUT2D eigenvalue weighted by Crippen LogP contribution is -2.38. The summed E-state index contributed by atoms with van der Waals surface area (Å²) in [5.41, 5.74) is -0.0480. The van der Waals surface area contributed by atoms with E-state index < -0.39 is 0 Å². The van der Waals surface area contributed by atoms with E-state index >= 15 is 0 Å². The van der Waals surface area contributed by atoms with Crippen molar-refractivity contribution < 1.29 is 9.53 Å². The minimum Gasteiger partial charge on any atom is -0.377 e. The van der Waals surface area contributed by atoms with Crippen molar-refractivity contribution in [3.8, 4) is 0 Å². The number of rotatable bonds is 1. The fourth-order valence-electron chi connectivity index (χ4n) is 1.93. The Bertz CT molecular complexity index is 455. The summed E-state index contributed by atoms with van der Waals surface area (Å²) in [6, 6.07) is 1.37. The van der Waals surface area contributed by atoms with Crippen molar-refractivity contribution in [3.05, 3.63) is 34.2 Å². The molecular formula is C12H16N2O3. The summed E-state index contributed by atoms with van der Waals surface area (Å²) in [6.07, 6.45) is 3.80. The molecule has 0 radical (unpaired) electrons. The Kier molecular flexibility index (Phi) is 3.58. The summed E-state index contributed by atoms with van der Waals surface area (Å²) in [5, 5.41) is 0. The Morgan fingerprint density at radius 3 is 3.18 bits per heavy atom. The van der Waals surface area contributed by atoms with Gasteiger partial charge >= 0.3 is 0 Å². The lowest BCUT2D eigenvalue weighted by Gasteiger charge is -2.21. The third-order valence-corrected chi connectivity index (χ3v) is 2.79. The van der Waals surface area contributed by atoms with Gasteiger partial charge in [0.1, 0.15) is 5.56 Å². The molecule has 92 valence electrons. The number of nitrogens with zero attached hydrogens (tertiary/aromatic N) is 1. The third kappa shape index (κ3) is 2.74. The molecule has 1 unspecified atom stereocenters. The van der Waals surface area contributed by atoms with Crippen LogP contribution in [0.25, 0.3) is 0 Å². The molecule has 1 aromatic heterocycles. The number of carbonyl (C=O) groups excluding carboxylic acids is 1. The van der Waals surface area contributed by atoms with Gasteiger partial charge in [-0.3, -0.25) is 9.59 Å². The average molecular weight is 236 g/mol. The molecule has 1 aromatic rings. The first-order chi connectivity index (χ1) is 8.18. The van der Waals surface area contributed by atoms with Crippen LogP contribution in [0.3, 0.4) is 0 Å². The van der Waals surface area contributed by atoms with E-state index in [1.54, 1.807) is 4.90 Å². The zero-order valence-electron chi connectivity index (χ0n) is 9.81. The number of nitrogens with one attached hydrogen (secondary N) is 1. The van der Waals surface area contributed by atoms with E-state index in [9.17, 15) is 9.59 Å². The molecule has 5 heteroatoms. The molecule has 1 amide bonds. The lowest BCUT2D eigenvalue weighted by molar-refractivity contribution is 0.0562. The maximum Gasteiger partial charge on any atom is 0.259 e. The van der Waals surface area contributed by atoms with Gasteiger partial charge in [-0.25, -0.2) is 0 Å². The number of aromatic nitrogens is 1. The average Bonchev–Trinajstić information content (AvgIpc) is 2.54. The molecule has 17 heavy (non-hydrogen) atoms. The van der Waals surface area contributed by atoms with Gasteiger partial charge in [-0.2, -0.15) is 0 Å². The Hall–Kier alpha value is -1.62. The molecule has 0 saturated carbocycles. The van der Waals surface area contributed by atoms with Crippen LogP contribution in [0, 0.1) is 0 Å². The number of hydrogen-bond donors (Lipinski definition) is 1. The molecule has 0 aromatic carbocycles. The number of hydrogen-bond acceptors (Lipinski definition) is 3. The van der Waals surface area contributed by atoms with Crippen LogP contribution in [-0.4, -0.2) is 41.6 Å². The second-order valence-corrected chi connectivity index (χ2v) is 4.21.